The number of aryl methyl sites for hydroxylation is 1. The number of carbonyl (C=O) groups is 2. The van der Waals surface area contributed by atoms with Gasteiger partial charge < -0.3 is 10.6 Å². The third-order valence-electron chi connectivity index (χ3n) is 3.23. The van der Waals surface area contributed by atoms with Crippen molar-refractivity contribution in [2.75, 3.05) is 16.4 Å². The SMILES string of the molecule is Cn1nnnc1SCCC(=O)Nc1cccc(NC(=O)C(C)(C)C)c1. The number of carbonyl (C=O) groups excluding carboxylic acids is 2. The number of aromatic nitrogens is 4. The molecule has 0 atom stereocenters. The van der Waals surface area contributed by atoms with Crippen molar-refractivity contribution in [1.82, 2.24) is 20.2 Å². The maximum atomic E-state index is 12.0. The molecule has 0 spiro atoms. The van der Waals surface area contributed by atoms with E-state index in [1.807, 2.05) is 20.8 Å². The Kier molecular flexibility index (Phi) is 6.13. The number of amides is 2. The number of anilines is 2. The van der Waals surface area contributed by atoms with Crippen molar-refractivity contribution in [1.29, 1.82) is 0 Å². The molecule has 0 bridgehead atoms. The van der Waals surface area contributed by atoms with Gasteiger partial charge in [-0.25, -0.2) is 4.68 Å². The van der Waals surface area contributed by atoms with E-state index in [-0.39, 0.29) is 11.8 Å². The van der Waals surface area contributed by atoms with Gasteiger partial charge in [-0.15, -0.1) is 5.10 Å². The van der Waals surface area contributed by atoms with E-state index in [9.17, 15) is 9.59 Å². The van der Waals surface area contributed by atoms with Crippen LogP contribution in [0.25, 0.3) is 0 Å². The number of hydrogen-bond donors (Lipinski definition) is 2. The molecule has 0 fully saturated rings. The number of thioether (sulfide) groups is 1. The lowest BCUT2D eigenvalue weighted by atomic mass is 9.95. The van der Waals surface area contributed by atoms with E-state index >= 15 is 0 Å². The van der Waals surface area contributed by atoms with E-state index in [0.717, 1.165) is 0 Å². The first kappa shape index (κ1) is 18.9. The molecule has 2 amide bonds. The Balaban J connectivity index is 1.85. The van der Waals surface area contributed by atoms with Gasteiger partial charge in [0.15, 0.2) is 0 Å². The quantitative estimate of drug-likeness (QED) is 0.765. The number of hydrogen-bond acceptors (Lipinski definition) is 6. The molecule has 0 aliphatic rings. The van der Waals surface area contributed by atoms with Gasteiger partial charge in [0.1, 0.15) is 0 Å². The maximum Gasteiger partial charge on any atom is 0.229 e. The third-order valence-corrected chi connectivity index (χ3v) is 4.24. The molecule has 0 radical (unpaired) electrons. The van der Waals surface area contributed by atoms with E-state index < -0.39 is 5.41 Å². The summed E-state index contributed by atoms with van der Waals surface area (Å²) in [5.41, 5.74) is 0.810. The summed E-state index contributed by atoms with van der Waals surface area (Å²) in [6.45, 7) is 5.54. The van der Waals surface area contributed by atoms with Gasteiger partial charge in [0.25, 0.3) is 0 Å². The Morgan fingerprint density at radius 2 is 1.88 bits per heavy atom. The zero-order valence-corrected chi connectivity index (χ0v) is 15.6. The lowest BCUT2D eigenvalue weighted by Crippen LogP contribution is -2.27. The van der Waals surface area contributed by atoms with Gasteiger partial charge in [-0.3, -0.25) is 9.59 Å². The minimum atomic E-state index is -0.481. The number of nitrogens with one attached hydrogen (secondary N) is 2. The zero-order chi connectivity index (χ0) is 18.4. The molecular formula is C16H22N6O2S. The second-order valence-corrected chi connectivity index (χ2v) is 7.58. The predicted octanol–water partition coefficient (Wildman–Crippen LogP) is 2.32. The van der Waals surface area contributed by atoms with Crippen molar-refractivity contribution in [2.24, 2.45) is 12.5 Å². The standard InChI is InChI=1S/C16H22N6O2S/c1-16(2,3)14(24)18-12-7-5-6-11(10-12)17-13(23)8-9-25-15-19-20-21-22(15)4/h5-7,10H,8-9H2,1-4H3,(H,17,23)(H,18,24). The van der Waals surface area contributed by atoms with Crippen LogP contribution < -0.4 is 10.6 Å². The van der Waals surface area contributed by atoms with Crippen LogP contribution in [0.2, 0.25) is 0 Å². The summed E-state index contributed by atoms with van der Waals surface area (Å²) in [7, 11) is 1.75. The zero-order valence-electron chi connectivity index (χ0n) is 14.7. The molecule has 25 heavy (non-hydrogen) atoms. The number of benzene rings is 1. The minimum Gasteiger partial charge on any atom is -0.326 e. The van der Waals surface area contributed by atoms with E-state index in [1.165, 1.54) is 11.8 Å². The monoisotopic (exact) mass is 362 g/mol. The molecular weight excluding hydrogens is 340 g/mol. The predicted molar refractivity (Wildman–Crippen MR) is 97.3 cm³/mol. The Hall–Kier alpha value is -2.42. The molecule has 2 N–H and O–H groups in total. The highest BCUT2D eigenvalue weighted by molar-refractivity contribution is 7.99. The van der Waals surface area contributed by atoms with E-state index in [2.05, 4.69) is 26.2 Å². The maximum absolute atomic E-state index is 12.0. The fourth-order valence-corrected chi connectivity index (χ4v) is 2.58. The second kappa shape index (κ2) is 8.11. The van der Waals surface area contributed by atoms with Crippen molar-refractivity contribution < 1.29 is 9.59 Å². The summed E-state index contributed by atoms with van der Waals surface area (Å²) < 4.78 is 1.56. The van der Waals surface area contributed by atoms with Gasteiger partial charge in [0, 0.05) is 36.0 Å². The van der Waals surface area contributed by atoms with Crippen molar-refractivity contribution in [2.45, 2.75) is 32.3 Å². The van der Waals surface area contributed by atoms with Crippen LogP contribution in [-0.4, -0.2) is 37.8 Å². The van der Waals surface area contributed by atoms with Gasteiger partial charge in [0.2, 0.25) is 17.0 Å². The number of nitrogens with zero attached hydrogens (tertiary/aromatic N) is 4. The van der Waals surface area contributed by atoms with Crippen LogP contribution in [0.1, 0.15) is 27.2 Å². The van der Waals surface area contributed by atoms with Crippen LogP contribution in [-0.2, 0) is 16.6 Å². The Bertz CT molecular complexity index is 753. The number of rotatable bonds is 6. The normalized spacial score (nSPS) is 11.2. The topological polar surface area (TPSA) is 102 Å². The molecule has 0 unspecified atom stereocenters. The molecule has 9 heteroatoms. The largest absolute Gasteiger partial charge is 0.326 e. The first-order valence-corrected chi connectivity index (χ1v) is 8.81. The van der Waals surface area contributed by atoms with E-state index in [4.69, 9.17) is 0 Å². The smallest absolute Gasteiger partial charge is 0.229 e. The molecule has 134 valence electrons. The lowest BCUT2D eigenvalue weighted by Gasteiger charge is -2.18. The van der Waals surface area contributed by atoms with Gasteiger partial charge in [-0.05, 0) is 28.6 Å². The van der Waals surface area contributed by atoms with Crippen LogP contribution in [0.4, 0.5) is 11.4 Å². The molecule has 0 aliphatic carbocycles. The van der Waals surface area contributed by atoms with Crippen LogP contribution in [0.15, 0.2) is 29.4 Å². The van der Waals surface area contributed by atoms with Gasteiger partial charge in [-0.2, -0.15) is 0 Å². The summed E-state index contributed by atoms with van der Waals surface area (Å²) in [5, 5.41) is 17.5. The summed E-state index contributed by atoms with van der Waals surface area (Å²) >= 11 is 1.42. The molecule has 0 aliphatic heterocycles. The molecule has 8 nitrogen and oxygen atoms in total. The van der Waals surface area contributed by atoms with Crippen molar-refractivity contribution in [3.63, 3.8) is 0 Å². The first-order chi connectivity index (χ1) is 11.8. The van der Waals surface area contributed by atoms with Gasteiger partial charge in [0.05, 0.1) is 0 Å². The van der Waals surface area contributed by atoms with Crippen molar-refractivity contribution in [3.8, 4) is 0 Å². The van der Waals surface area contributed by atoms with Crippen LogP contribution in [0, 0.1) is 5.41 Å². The molecule has 2 aromatic rings. The highest BCUT2D eigenvalue weighted by Gasteiger charge is 2.21. The molecule has 1 aromatic carbocycles. The second-order valence-electron chi connectivity index (χ2n) is 6.52. The summed E-state index contributed by atoms with van der Waals surface area (Å²) in [5.74, 6) is 0.382. The average Bonchev–Trinajstić information content (AvgIpc) is 2.92. The summed E-state index contributed by atoms with van der Waals surface area (Å²) in [6.07, 6.45) is 0.329. The molecule has 0 saturated carbocycles. The fraction of sp³-hybridized carbons (Fsp3) is 0.438. The highest BCUT2D eigenvalue weighted by Crippen LogP contribution is 2.20. The molecule has 2 rings (SSSR count). The van der Waals surface area contributed by atoms with E-state index in [1.54, 1.807) is 36.0 Å². The van der Waals surface area contributed by atoms with Gasteiger partial charge >= 0.3 is 0 Å². The van der Waals surface area contributed by atoms with Crippen LogP contribution in [0.3, 0.4) is 0 Å². The molecule has 0 saturated heterocycles. The third kappa shape index (κ3) is 5.86. The Morgan fingerprint density at radius 1 is 1.20 bits per heavy atom. The summed E-state index contributed by atoms with van der Waals surface area (Å²) in [6, 6.07) is 7.09. The fourth-order valence-electron chi connectivity index (χ4n) is 1.80. The Morgan fingerprint density at radius 3 is 2.48 bits per heavy atom. The Labute approximate surface area is 150 Å². The van der Waals surface area contributed by atoms with Crippen molar-refractivity contribution in [3.05, 3.63) is 24.3 Å². The van der Waals surface area contributed by atoms with Crippen molar-refractivity contribution >= 4 is 35.0 Å². The summed E-state index contributed by atoms with van der Waals surface area (Å²) in [4.78, 5) is 24.1. The van der Waals surface area contributed by atoms with Crippen LogP contribution >= 0.6 is 11.8 Å². The van der Waals surface area contributed by atoms with E-state index in [0.29, 0.717) is 28.7 Å². The molecule has 1 aromatic heterocycles. The lowest BCUT2D eigenvalue weighted by molar-refractivity contribution is -0.123. The van der Waals surface area contributed by atoms with Crippen LogP contribution in [0.5, 0.6) is 0 Å². The number of tetrazole rings is 1. The average molecular weight is 362 g/mol. The highest BCUT2D eigenvalue weighted by atomic mass is 32.2. The molecule has 1 heterocycles. The minimum absolute atomic E-state index is 0.0790. The first-order valence-electron chi connectivity index (χ1n) is 7.82. The van der Waals surface area contributed by atoms with Gasteiger partial charge in [-0.1, -0.05) is 38.6 Å².